The normalized spacial score (nSPS) is 18.9. The Morgan fingerprint density at radius 3 is 2.85 bits per heavy atom. The van der Waals surface area contributed by atoms with Gasteiger partial charge in [0.2, 0.25) is 11.9 Å². The van der Waals surface area contributed by atoms with Crippen LogP contribution in [-0.2, 0) is 4.79 Å². The van der Waals surface area contributed by atoms with E-state index in [4.69, 9.17) is 5.73 Å². The predicted octanol–water partition coefficient (Wildman–Crippen LogP) is 1.33. The summed E-state index contributed by atoms with van der Waals surface area (Å²) in [5.41, 5.74) is 5.17. The van der Waals surface area contributed by atoms with Crippen molar-refractivity contribution in [2.45, 2.75) is 19.4 Å². The molecule has 1 saturated heterocycles. The van der Waals surface area contributed by atoms with Gasteiger partial charge in [0.1, 0.15) is 16.2 Å². The molecule has 1 aliphatic rings. The highest BCUT2D eigenvalue weighted by Gasteiger charge is 2.41. The molecule has 1 amide bonds. The Hall–Kier alpha value is -1.89. The minimum Gasteiger partial charge on any atom is -0.368 e. The quantitative estimate of drug-likeness (QED) is 0.858. The van der Waals surface area contributed by atoms with Crippen molar-refractivity contribution < 1.29 is 4.79 Å². The molecule has 0 atom stereocenters. The summed E-state index contributed by atoms with van der Waals surface area (Å²) in [4.78, 5) is 25.7. The number of nitrogens with two attached hydrogens (primary N) is 1. The molecular weight excluding hydrogens is 274 g/mol. The zero-order valence-corrected chi connectivity index (χ0v) is 12.6. The number of thiophene rings is 1. The molecule has 2 aromatic rings. The second kappa shape index (κ2) is 4.31. The lowest BCUT2D eigenvalue weighted by atomic mass is 9.97. The second-order valence-electron chi connectivity index (χ2n) is 5.48. The molecule has 7 heteroatoms. The number of likely N-dealkylation sites (N-methyl/N-ethyl adjacent to an activating group) is 1. The van der Waals surface area contributed by atoms with Gasteiger partial charge in [0.05, 0.1) is 5.39 Å². The smallest absolute Gasteiger partial charge is 0.247 e. The number of hydrogen-bond acceptors (Lipinski definition) is 6. The van der Waals surface area contributed by atoms with Gasteiger partial charge in [-0.1, -0.05) is 0 Å². The lowest BCUT2D eigenvalue weighted by Crippen LogP contribution is -2.62. The van der Waals surface area contributed by atoms with Gasteiger partial charge in [-0.3, -0.25) is 4.79 Å². The Balaban J connectivity index is 2.15. The molecule has 0 bridgehead atoms. The van der Waals surface area contributed by atoms with E-state index in [0.717, 1.165) is 22.6 Å². The van der Waals surface area contributed by atoms with Crippen LogP contribution < -0.4 is 10.6 Å². The summed E-state index contributed by atoms with van der Waals surface area (Å²) in [5, 5.41) is 2.92. The number of piperazine rings is 1. The van der Waals surface area contributed by atoms with E-state index in [2.05, 4.69) is 9.97 Å². The van der Waals surface area contributed by atoms with E-state index < -0.39 is 5.54 Å². The van der Waals surface area contributed by atoms with Gasteiger partial charge in [-0.05, 0) is 25.3 Å². The van der Waals surface area contributed by atoms with Gasteiger partial charge in [-0.2, -0.15) is 4.98 Å². The van der Waals surface area contributed by atoms with Crippen molar-refractivity contribution in [3.63, 3.8) is 0 Å². The summed E-state index contributed by atoms with van der Waals surface area (Å²) in [6.07, 6.45) is 0. The SMILES string of the molecule is CN1CCN(c2nc(N)nc3sccc23)C(C)(C)C1=O. The maximum absolute atomic E-state index is 12.4. The largest absolute Gasteiger partial charge is 0.368 e. The molecule has 3 rings (SSSR count). The minimum atomic E-state index is -0.636. The average Bonchev–Trinajstić information content (AvgIpc) is 2.83. The summed E-state index contributed by atoms with van der Waals surface area (Å²) in [6.45, 7) is 5.25. The molecule has 20 heavy (non-hydrogen) atoms. The number of nitrogen functional groups attached to an aromatic ring is 1. The third kappa shape index (κ3) is 1.81. The van der Waals surface area contributed by atoms with Crippen molar-refractivity contribution in [2.75, 3.05) is 30.8 Å². The molecule has 1 fully saturated rings. The molecule has 0 aromatic carbocycles. The molecule has 0 saturated carbocycles. The van der Waals surface area contributed by atoms with Crippen LogP contribution in [0.2, 0.25) is 0 Å². The van der Waals surface area contributed by atoms with Crippen LogP contribution in [0.15, 0.2) is 11.4 Å². The molecule has 0 aliphatic carbocycles. The van der Waals surface area contributed by atoms with Crippen molar-refractivity contribution >= 4 is 39.2 Å². The number of anilines is 2. The highest BCUT2D eigenvalue weighted by Crippen LogP contribution is 2.34. The third-order valence-corrected chi connectivity index (χ3v) is 4.59. The van der Waals surface area contributed by atoms with Crippen LogP contribution >= 0.6 is 11.3 Å². The highest BCUT2D eigenvalue weighted by molar-refractivity contribution is 7.16. The van der Waals surface area contributed by atoms with Gasteiger partial charge in [-0.15, -0.1) is 11.3 Å². The summed E-state index contributed by atoms with van der Waals surface area (Å²) in [7, 11) is 1.83. The first kappa shape index (κ1) is 13.1. The zero-order valence-electron chi connectivity index (χ0n) is 11.8. The predicted molar refractivity (Wildman–Crippen MR) is 80.9 cm³/mol. The van der Waals surface area contributed by atoms with Gasteiger partial charge < -0.3 is 15.5 Å². The Morgan fingerprint density at radius 1 is 1.35 bits per heavy atom. The first-order valence-electron chi connectivity index (χ1n) is 6.45. The van der Waals surface area contributed by atoms with Crippen molar-refractivity contribution in [3.8, 4) is 0 Å². The molecule has 2 N–H and O–H groups in total. The molecule has 3 heterocycles. The lowest BCUT2D eigenvalue weighted by molar-refractivity contribution is -0.136. The van der Waals surface area contributed by atoms with Crippen LogP contribution in [0.1, 0.15) is 13.8 Å². The molecule has 6 nitrogen and oxygen atoms in total. The first-order chi connectivity index (χ1) is 9.41. The van der Waals surface area contributed by atoms with Crippen LogP contribution in [0.5, 0.6) is 0 Å². The van der Waals surface area contributed by atoms with E-state index >= 15 is 0 Å². The van der Waals surface area contributed by atoms with Crippen molar-refractivity contribution in [1.29, 1.82) is 0 Å². The Bertz CT molecular complexity index is 680. The maximum atomic E-state index is 12.4. The summed E-state index contributed by atoms with van der Waals surface area (Å²) in [5.74, 6) is 1.08. The molecule has 2 aromatic heterocycles. The molecular formula is C13H17N5OS. The highest BCUT2D eigenvalue weighted by atomic mass is 32.1. The van der Waals surface area contributed by atoms with Gasteiger partial charge in [0.15, 0.2) is 0 Å². The van der Waals surface area contributed by atoms with Gasteiger partial charge in [-0.25, -0.2) is 4.98 Å². The van der Waals surface area contributed by atoms with Crippen molar-refractivity contribution in [2.24, 2.45) is 0 Å². The fourth-order valence-corrected chi connectivity index (χ4v) is 3.41. The van der Waals surface area contributed by atoms with E-state index in [1.807, 2.05) is 37.2 Å². The van der Waals surface area contributed by atoms with Crippen LogP contribution in [-0.4, -0.2) is 46.5 Å². The molecule has 1 aliphatic heterocycles. The maximum Gasteiger partial charge on any atom is 0.247 e. The number of rotatable bonds is 1. The number of hydrogen-bond donors (Lipinski definition) is 1. The first-order valence-corrected chi connectivity index (χ1v) is 7.33. The summed E-state index contributed by atoms with van der Waals surface area (Å²) < 4.78 is 0. The average molecular weight is 291 g/mol. The zero-order chi connectivity index (χ0) is 14.5. The fraction of sp³-hybridized carbons (Fsp3) is 0.462. The number of fused-ring (bicyclic) bond motifs is 1. The Morgan fingerprint density at radius 2 is 2.10 bits per heavy atom. The monoisotopic (exact) mass is 291 g/mol. The van der Waals surface area contributed by atoms with E-state index in [9.17, 15) is 4.79 Å². The number of carbonyl (C=O) groups is 1. The van der Waals surface area contributed by atoms with Crippen LogP contribution in [0.4, 0.5) is 11.8 Å². The van der Waals surface area contributed by atoms with E-state index in [0.29, 0.717) is 6.54 Å². The van der Waals surface area contributed by atoms with Crippen LogP contribution in [0.25, 0.3) is 10.2 Å². The van der Waals surface area contributed by atoms with Gasteiger partial charge in [0.25, 0.3) is 0 Å². The topological polar surface area (TPSA) is 75.3 Å². The van der Waals surface area contributed by atoms with Crippen molar-refractivity contribution in [1.82, 2.24) is 14.9 Å². The van der Waals surface area contributed by atoms with Gasteiger partial charge >= 0.3 is 0 Å². The van der Waals surface area contributed by atoms with E-state index in [-0.39, 0.29) is 11.9 Å². The van der Waals surface area contributed by atoms with Gasteiger partial charge in [0, 0.05) is 20.1 Å². The Labute approximate surface area is 121 Å². The number of nitrogens with zero attached hydrogens (tertiary/aromatic N) is 4. The minimum absolute atomic E-state index is 0.0873. The van der Waals surface area contributed by atoms with E-state index in [1.165, 1.54) is 11.3 Å². The standard InChI is InChI=1S/C13H17N5OS/c1-13(2)11(19)17(3)5-6-18(13)9-8-4-7-20-10(8)16-12(14)15-9/h4,7H,5-6H2,1-3H3,(H2,14,15,16). The lowest BCUT2D eigenvalue weighted by Gasteiger charge is -2.45. The second-order valence-corrected chi connectivity index (χ2v) is 6.38. The van der Waals surface area contributed by atoms with Crippen LogP contribution in [0, 0.1) is 0 Å². The third-order valence-electron chi connectivity index (χ3n) is 3.78. The van der Waals surface area contributed by atoms with Crippen molar-refractivity contribution in [3.05, 3.63) is 11.4 Å². The number of aromatic nitrogens is 2. The molecule has 0 radical (unpaired) electrons. The summed E-state index contributed by atoms with van der Waals surface area (Å²) in [6, 6.07) is 1.98. The number of amides is 1. The molecule has 0 unspecified atom stereocenters. The fourth-order valence-electron chi connectivity index (χ4n) is 2.65. The molecule has 0 spiro atoms. The Kier molecular flexibility index (Phi) is 2.82. The van der Waals surface area contributed by atoms with E-state index in [1.54, 1.807) is 4.90 Å². The summed E-state index contributed by atoms with van der Waals surface area (Å²) >= 11 is 1.53. The number of carbonyl (C=O) groups excluding carboxylic acids is 1. The van der Waals surface area contributed by atoms with Crippen LogP contribution in [0.3, 0.4) is 0 Å². The molecule has 106 valence electrons.